The molecule has 3 amide bonds. The van der Waals surface area contributed by atoms with Crippen molar-refractivity contribution in [2.24, 2.45) is 0 Å². The van der Waals surface area contributed by atoms with Crippen LogP contribution in [-0.2, 0) is 9.59 Å². The van der Waals surface area contributed by atoms with Gasteiger partial charge < -0.3 is 10.0 Å². The van der Waals surface area contributed by atoms with E-state index in [9.17, 15) is 14.4 Å². The van der Waals surface area contributed by atoms with Gasteiger partial charge in [-0.15, -0.1) is 6.58 Å². The van der Waals surface area contributed by atoms with Gasteiger partial charge in [-0.25, -0.2) is 4.79 Å². The molecule has 6 heteroatoms. The summed E-state index contributed by atoms with van der Waals surface area (Å²) >= 11 is 0. The van der Waals surface area contributed by atoms with Crippen LogP contribution in [0.25, 0.3) is 0 Å². The van der Waals surface area contributed by atoms with Crippen molar-refractivity contribution in [3.63, 3.8) is 0 Å². The molecule has 0 saturated carbocycles. The first-order valence-corrected chi connectivity index (χ1v) is 6.12. The summed E-state index contributed by atoms with van der Waals surface area (Å²) in [4.78, 5) is 35.2. The van der Waals surface area contributed by atoms with E-state index in [2.05, 4.69) is 11.9 Å². The molecule has 0 radical (unpaired) electrons. The van der Waals surface area contributed by atoms with Gasteiger partial charge in [0.2, 0.25) is 5.91 Å². The topological polar surface area (TPSA) is 86.7 Å². The number of aliphatic carboxylic acids is 1. The van der Waals surface area contributed by atoms with Gasteiger partial charge in [-0.2, -0.15) is 0 Å². The zero-order chi connectivity index (χ0) is 15.1. The lowest BCUT2D eigenvalue weighted by Gasteiger charge is -2.34. The van der Waals surface area contributed by atoms with E-state index in [0.29, 0.717) is 6.54 Å². The number of amides is 3. The van der Waals surface area contributed by atoms with Crippen LogP contribution in [0, 0.1) is 0 Å². The first kappa shape index (κ1) is 17.2. The molecule has 0 aromatic heterocycles. The van der Waals surface area contributed by atoms with Gasteiger partial charge in [-0.3, -0.25) is 14.9 Å². The van der Waals surface area contributed by atoms with Crippen LogP contribution in [0.2, 0.25) is 0 Å². The van der Waals surface area contributed by atoms with Crippen molar-refractivity contribution in [3.8, 4) is 0 Å². The number of urea groups is 1. The minimum Gasteiger partial charge on any atom is -0.481 e. The predicted molar refractivity (Wildman–Crippen MR) is 71.7 cm³/mol. The van der Waals surface area contributed by atoms with Crippen LogP contribution in [0.15, 0.2) is 12.7 Å². The van der Waals surface area contributed by atoms with Crippen LogP contribution < -0.4 is 5.32 Å². The highest BCUT2D eigenvalue weighted by Gasteiger charge is 2.26. The second-order valence-electron chi connectivity index (χ2n) is 5.17. The Kier molecular flexibility index (Phi) is 6.82. The molecule has 0 rings (SSSR count). The lowest BCUT2D eigenvalue weighted by molar-refractivity contribution is -0.137. The van der Waals surface area contributed by atoms with Crippen LogP contribution in [-0.4, -0.2) is 40.0 Å². The van der Waals surface area contributed by atoms with Crippen LogP contribution in [0.4, 0.5) is 4.79 Å². The SMILES string of the molecule is C=CCN(C(=O)NC(=O)CCCC(=O)O)C(C)(C)C. The molecule has 0 aliphatic rings. The number of carbonyl (C=O) groups excluding carboxylic acids is 2. The Morgan fingerprint density at radius 2 is 1.84 bits per heavy atom. The number of imide groups is 1. The van der Waals surface area contributed by atoms with Crippen molar-refractivity contribution >= 4 is 17.9 Å². The van der Waals surface area contributed by atoms with E-state index in [-0.39, 0.29) is 19.3 Å². The Labute approximate surface area is 113 Å². The predicted octanol–water partition coefficient (Wildman–Crippen LogP) is 1.76. The Balaban J connectivity index is 4.36. The van der Waals surface area contributed by atoms with Gasteiger partial charge in [0.05, 0.1) is 0 Å². The lowest BCUT2D eigenvalue weighted by atomic mass is 10.1. The number of carboxylic acid groups (broad SMARTS) is 1. The third kappa shape index (κ3) is 7.23. The molecule has 108 valence electrons. The number of rotatable bonds is 6. The van der Waals surface area contributed by atoms with Gasteiger partial charge in [0, 0.05) is 24.9 Å². The van der Waals surface area contributed by atoms with Gasteiger partial charge in [-0.05, 0) is 27.2 Å². The number of carboxylic acids is 1. The van der Waals surface area contributed by atoms with E-state index in [0.717, 1.165) is 0 Å². The van der Waals surface area contributed by atoms with Gasteiger partial charge in [-0.1, -0.05) is 6.08 Å². The van der Waals surface area contributed by atoms with Gasteiger partial charge in [0.1, 0.15) is 0 Å². The molecule has 0 saturated heterocycles. The zero-order valence-electron chi connectivity index (χ0n) is 11.7. The van der Waals surface area contributed by atoms with E-state index < -0.39 is 23.4 Å². The van der Waals surface area contributed by atoms with E-state index in [1.165, 1.54) is 4.90 Å². The summed E-state index contributed by atoms with van der Waals surface area (Å²) in [5, 5.41) is 10.7. The molecule has 0 aromatic carbocycles. The Hall–Kier alpha value is -1.85. The monoisotopic (exact) mass is 270 g/mol. The van der Waals surface area contributed by atoms with Crippen molar-refractivity contribution in [2.75, 3.05) is 6.54 Å². The van der Waals surface area contributed by atoms with Crippen LogP contribution in [0.1, 0.15) is 40.0 Å². The summed E-state index contributed by atoms with van der Waals surface area (Å²) in [5.74, 6) is -1.42. The molecule has 0 spiro atoms. The largest absolute Gasteiger partial charge is 0.481 e. The van der Waals surface area contributed by atoms with E-state index in [4.69, 9.17) is 5.11 Å². The fraction of sp³-hybridized carbons (Fsp3) is 0.615. The third-order valence-corrected chi connectivity index (χ3v) is 2.41. The van der Waals surface area contributed by atoms with Crippen molar-refractivity contribution in [1.29, 1.82) is 0 Å². The summed E-state index contributed by atoms with van der Waals surface area (Å²) in [6.07, 6.45) is 1.73. The minimum absolute atomic E-state index is 0.0180. The highest BCUT2D eigenvalue weighted by Crippen LogP contribution is 2.13. The van der Waals surface area contributed by atoms with Crippen molar-refractivity contribution in [3.05, 3.63) is 12.7 Å². The number of nitrogens with zero attached hydrogens (tertiary/aromatic N) is 1. The zero-order valence-corrected chi connectivity index (χ0v) is 11.7. The van der Waals surface area contributed by atoms with Crippen molar-refractivity contribution < 1.29 is 19.5 Å². The third-order valence-electron chi connectivity index (χ3n) is 2.41. The van der Waals surface area contributed by atoms with Gasteiger partial charge in [0.15, 0.2) is 0 Å². The maximum Gasteiger partial charge on any atom is 0.324 e. The molecule has 6 nitrogen and oxygen atoms in total. The maximum atomic E-state index is 11.9. The molecule has 0 unspecified atom stereocenters. The van der Waals surface area contributed by atoms with Gasteiger partial charge >= 0.3 is 12.0 Å². The normalized spacial score (nSPS) is 10.7. The second-order valence-corrected chi connectivity index (χ2v) is 5.17. The lowest BCUT2D eigenvalue weighted by Crippen LogP contribution is -2.51. The number of nitrogens with one attached hydrogen (secondary N) is 1. The summed E-state index contributed by atoms with van der Waals surface area (Å²) < 4.78 is 0. The average Bonchev–Trinajstić information content (AvgIpc) is 2.23. The highest BCUT2D eigenvalue weighted by molar-refractivity contribution is 5.94. The summed E-state index contributed by atoms with van der Waals surface area (Å²) in [7, 11) is 0. The van der Waals surface area contributed by atoms with E-state index >= 15 is 0 Å². The first-order valence-electron chi connectivity index (χ1n) is 6.12. The van der Waals surface area contributed by atoms with Gasteiger partial charge in [0.25, 0.3) is 0 Å². The average molecular weight is 270 g/mol. The molecule has 19 heavy (non-hydrogen) atoms. The minimum atomic E-state index is -0.956. The molecule has 0 bridgehead atoms. The standard InChI is InChI=1S/C13H22N2O4/c1-5-9-15(13(2,3)4)12(19)14-10(16)7-6-8-11(17)18/h5H,1,6-9H2,2-4H3,(H,17,18)(H,14,16,19). The molecular weight excluding hydrogens is 248 g/mol. The molecule has 0 aliphatic carbocycles. The highest BCUT2D eigenvalue weighted by atomic mass is 16.4. The van der Waals surface area contributed by atoms with Crippen LogP contribution in [0.5, 0.6) is 0 Å². The number of carbonyl (C=O) groups is 3. The Morgan fingerprint density at radius 3 is 2.26 bits per heavy atom. The number of hydrogen-bond acceptors (Lipinski definition) is 3. The quantitative estimate of drug-likeness (QED) is 0.720. The van der Waals surface area contributed by atoms with E-state index in [1.807, 2.05) is 20.8 Å². The molecule has 2 N–H and O–H groups in total. The second kappa shape index (κ2) is 7.56. The maximum absolute atomic E-state index is 11.9. The molecule has 0 fully saturated rings. The molecule has 0 atom stereocenters. The van der Waals surface area contributed by atoms with E-state index in [1.54, 1.807) is 6.08 Å². The number of hydrogen-bond donors (Lipinski definition) is 2. The Bertz CT molecular complexity index is 358. The Morgan fingerprint density at radius 1 is 1.26 bits per heavy atom. The molecule has 0 aromatic rings. The summed E-state index contributed by atoms with van der Waals surface area (Å²) in [6.45, 7) is 9.46. The fourth-order valence-corrected chi connectivity index (χ4v) is 1.44. The van der Waals surface area contributed by atoms with Crippen molar-refractivity contribution in [1.82, 2.24) is 10.2 Å². The fourth-order valence-electron chi connectivity index (χ4n) is 1.44. The molecule has 0 heterocycles. The molecule has 0 aliphatic heterocycles. The summed E-state index contributed by atoms with van der Waals surface area (Å²) in [6, 6.07) is -0.493. The van der Waals surface area contributed by atoms with Crippen LogP contribution in [0.3, 0.4) is 0 Å². The molecular formula is C13H22N2O4. The van der Waals surface area contributed by atoms with Crippen LogP contribution >= 0.6 is 0 Å². The van der Waals surface area contributed by atoms with Crippen molar-refractivity contribution in [2.45, 2.75) is 45.6 Å². The smallest absolute Gasteiger partial charge is 0.324 e. The summed E-state index contributed by atoms with van der Waals surface area (Å²) in [5.41, 5.74) is -0.431. The first-order chi connectivity index (χ1) is 8.68.